The number of rotatable bonds is 7. The van der Waals surface area contributed by atoms with Gasteiger partial charge in [-0.2, -0.15) is 0 Å². The Morgan fingerprint density at radius 3 is 2.18 bits per heavy atom. The number of ether oxygens (including phenoxy) is 1. The van der Waals surface area contributed by atoms with Crippen molar-refractivity contribution in [1.29, 1.82) is 0 Å². The summed E-state index contributed by atoms with van der Waals surface area (Å²) in [4.78, 5) is 24.9. The van der Waals surface area contributed by atoms with E-state index in [0.717, 1.165) is 0 Å². The standard InChI is InChI=1S/C22H21N3O3/c1-28-20-14-8-7-13-19(20)25-21(26)15-23-18-12-6-5-11-17(18)22(27)24-16-9-3-2-4-10-16/h2-14,23H,15H2,1H3,(H,24,27)(H,25,26). The lowest BCUT2D eigenvalue weighted by atomic mass is 10.1. The van der Waals surface area contributed by atoms with E-state index >= 15 is 0 Å². The van der Waals surface area contributed by atoms with Crippen LogP contribution in [0.1, 0.15) is 10.4 Å². The van der Waals surface area contributed by atoms with Crippen LogP contribution in [-0.4, -0.2) is 25.5 Å². The molecule has 3 rings (SSSR count). The molecule has 0 bridgehead atoms. The third-order valence-electron chi connectivity index (χ3n) is 4.02. The molecule has 0 aromatic heterocycles. The highest BCUT2D eigenvalue weighted by Gasteiger charge is 2.13. The van der Waals surface area contributed by atoms with Crippen LogP contribution < -0.4 is 20.7 Å². The van der Waals surface area contributed by atoms with Crippen LogP contribution in [0.4, 0.5) is 17.1 Å². The predicted molar refractivity (Wildman–Crippen MR) is 111 cm³/mol. The van der Waals surface area contributed by atoms with E-state index < -0.39 is 0 Å². The molecule has 0 aliphatic heterocycles. The topological polar surface area (TPSA) is 79.5 Å². The third-order valence-corrected chi connectivity index (χ3v) is 4.02. The molecule has 6 heteroatoms. The van der Waals surface area contributed by atoms with Gasteiger partial charge in [0, 0.05) is 11.4 Å². The molecule has 3 aromatic rings. The van der Waals surface area contributed by atoms with Crippen molar-refractivity contribution >= 4 is 28.9 Å². The van der Waals surface area contributed by atoms with Gasteiger partial charge in [0.05, 0.1) is 24.9 Å². The highest BCUT2D eigenvalue weighted by Crippen LogP contribution is 2.23. The Bertz CT molecular complexity index is 958. The van der Waals surface area contributed by atoms with Crippen molar-refractivity contribution in [3.8, 4) is 5.75 Å². The molecule has 0 fully saturated rings. The van der Waals surface area contributed by atoms with Gasteiger partial charge in [0.1, 0.15) is 5.75 Å². The highest BCUT2D eigenvalue weighted by atomic mass is 16.5. The minimum Gasteiger partial charge on any atom is -0.495 e. The zero-order valence-corrected chi connectivity index (χ0v) is 15.4. The summed E-state index contributed by atoms with van der Waals surface area (Å²) in [7, 11) is 1.55. The maximum Gasteiger partial charge on any atom is 0.257 e. The number of nitrogens with one attached hydrogen (secondary N) is 3. The Hall–Kier alpha value is -3.80. The normalized spacial score (nSPS) is 10.0. The van der Waals surface area contributed by atoms with E-state index in [1.807, 2.05) is 42.5 Å². The van der Waals surface area contributed by atoms with Gasteiger partial charge in [-0.15, -0.1) is 0 Å². The lowest BCUT2D eigenvalue weighted by Gasteiger charge is -2.13. The average molecular weight is 375 g/mol. The van der Waals surface area contributed by atoms with Crippen molar-refractivity contribution in [3.63, 3.8) is 0 Å². The first kappa shape index (κ1) is 19.0. The van der Waals surface area contributed by atoms with Crippen molar-refractivity contribution in [1.82, 2.24) is 0 Å². The van der Waals surface area contributed by atoms with E-state index in [2.05, 4.69) is 16.0 Å². The minimum atomic E-state index is -0.251. The van der Waals surface area contributed by atoms with Crippen molar-refractivity contribution in [3.05, 3.63) is 84.4 Å². The highest BCUT2D eigenvalue weighted by molar-refractivity contribution is 6.08. The van der Waals surface area contributed by atoms with Gasteiger partial charge < -0.3 is 20.7 Å². The molecule has 2 amide bonds. The lowest BCUT2D eigenvalue weighted by Crippen LogP contribution is -2.23. The first-order valence-corrected chi connectivity index (χ1v) is 8.79. The maximum atomic E-state index is 12.6. The number of carbonyl (C=O) groups is 2. The van der Waals surface area contributed by atoms with Crippen molar-refractivity contribution in [2.75, 3.05) is 29.6 Å². The largest absolute Gasteiger partial charge is 0.495 e. The summed E-state index contributed by atoms with van der Waals surface area (Å²) in [5.74, 6) is 0.0840. The summed E-state index contributed by atoms with van der Waals surface area (Å²) in [6.07, 6.45) is 0. The molecular weight excluding hydrogens is 354 g/mol. The van der Waals surface area contributed by atoms with Crippen LogP contribution in [0, 0.1) is 0 Å². The molecule has 3 aromatic carbocycles. The zero-order valence-electron chi connectivity index (χ0n) is 15.4. The summed E-state index contributed by atoms with van der Waals surface area (Å²) in [6.45, 7) is 0.00762. The van der Waals surface area contributed by atoms with Gasteiger partial charge >= 0.3 is 0 Å². The van der Waals surface area contributed by atoms with E-state index in [9.17, 15) is 9.59 Å². The molecular formula is C22H21N3O3. The van der Waals surface area contributed by atoms with E-state index in [4.69, 9.17) is 4.74 Å². The van der Waals surface area contributed by atoms with Crippen molar-refractivity contribution in [2.24, 2.45) is 0 Å². The second-order valence-electron chi connectivity index (χ2n) is 5.97. The van der Waals surface area contributed by atoms with Crippen LogP contribution in [0.2, 0.25) is 0 Å². The van der Waals surface area contributed by atoms with Crippen LogP contribution in [0.3, 0.4) is 0 Å². The first-order valence-electron chi connectivity index (χ1n) is 8.79. The molecule has 142 valence electrons. The number of hydrogen-bond acceptors (Lipinski definition) is 4. The number of amides is 2. The fourth-order valence-electron chi connectivity index (χ4n) is 2.67. The second kappa shape index (κ2) is 9.23. The lowest BCUT2D eigenvalue weighted by molar-refractivity contribution is -0.114. The average Bonchev–Trinajstić information content (AvgIpc) is 2.73. The van der Waals surface area contributed by atoms with Crippen molar-refractivity contribution < 1.29 is 14.3 Å². The van der Waals surface area contributed by atoms with Crippen LogP contribution >= 0.6 is 0 Å². The quantitative estimate of drug-likeness (QED) is 0.583. The van der Waals surface area contributed by atoms with Gasteiger partial charge in [-0.1, -0.05) is 42.5 Å². The number of carbonyl (C=O) groups excluding carboxylic acids is 2. The fourth-order valence-corrected chi connectivity index (χ4v) is 2.67. The van der Waals surface area contributed by atoms with Gasteiger partial charge in [-0.05, 0) is 36.4 Å². The fraction of sp³-hybridized carbons (Fsp3) is 0.0909. The van der Waals surface area contributed by atoms with Crippen LogP contribution in [0.25, 0.3) is 0 Å². The SMILES string of the molecule is COc1ccccc1NC(=O)CNc1ccccc1C(=O)Nc1ccccc1. The Morgan fingerprint density at radius 2 is 1.43 bits per heavy atom. The molecule has 0 heterocycles. The molecule has 0 spiro atoms. The van der Waals surface area contributed by atoms with Gasteiger partial charge in [-0.3, -0.25) is 9.59 Å². The third kappa shape index (κ3) is 4.88. The summed E-state index contributed by atoms with van der Waals surface area (Å²) < 4.78 is 5.23. The molecule has 0 aliphatic carbocycles. The summed E-state index contributed by atoms with van der Waals surface area (Å²) in [6, 6.07) is 23.4. The van der Waals surface area contributed by atoms with E-state index in [0.29, 0.717) is 28.4 Å². The van der Waals surface area contributed by atoms with Crippen molar-refractivity contribution in [2.45, 2.75) is 0 Å². The smallest absolute Gasteiger partial charge is 0.257 e. The second-order valence-corrected chi connectivity index (χ2v) is 5.97. The molecule has 0 aliphatic rings. The van der Waals surface area contributed by atoms with Gasteiger partial charge in [0.2, 0.25) is 5.91 Å². The summed E-state index contributed by atoms with van der Waals surface area (Å²) >= 11 is 0. The van der Waals surface area contributed by atoms with Gasteiger partial charge in [0.25, 0.3) is 5.91 Å². The summed E-state index contributed by atoms with van der Waals surface area (Å²) in [5.41, 5.74) is 2.32. The molecule has 0 saturated heterocycles. The van der Waals surface area contributed by atoms with Crippen LogP contribution in [0.15, 0.2) is 78.9 Å². The first-order chi connectivity index (χ1) is 13.7. The Balaban J connectivity index is 1.65. The Kier molecular flexibility index (Phi) is 6.25. The molecule has 6 nitrogen and oxygen atoms in total. The predicted octanol–water partition coefficient (Wildman–Crippen LogP) is 4.00. The van der Waals surface area contributed by atoms with Crippen LogP contribution in [0.5, 0.6) is 5.75 Å². The van der Waals surface area contributed by atoms with E-state index in [1.165, 1.54) is 0 Å². The monoisotopic (exact) mass is 375 g/mol. The maximum absolute atomic E-state index is 12.6. The van der Waals surface area contributed by atoms with E-state index in [1.54, 1.807) is 43.5 Å². The molecule has 3 N–H and O–H groups in total. The molecule has 28 heavy (non-hydrogen) atoms. The molecule has 0 radical (unpaired) electrons. The Morgan fingerprint density at radius 1 is 0.786 bits per heavy atom. The number of benzene rings is 3. The molecule has 0 unspecified atom stereocenters. The number of methoxy groups -OCH3 is 1. The number of anilines is 3. The zero-order chi connectivity index (χ0) is 19.8. The summed E-state index contributed by atoms with van der Waals surface area (Å²) in [5, 5.41) is 8.66. The van der Waals surface area contributed by atoms with Gasteiger partial charge in [-0.25, -0.2) is 0 Å². The molecule has 0 atom stereocenters. The van der Waals surface area contributed by atoms with E-state index in [-0.39, 0.29) is 18.4 Å². The van der Waals surface area contributed by atoms with Crippen LogP contribution in [-0.2, 0) is 4.79 Å². The van der Waals surface area contributed by atoms with Gasteiger partial charge in [0.15, 0.2) is 0 Å². The molecule has 0 saturated carbocycles. The number of para-hydroxylation sites is 4. The minimum absolute atomic E-state index is 0.00762. The Labute approximate surface area is 163 Å². The number of hydrogen-bond donors (Lipinski definition) is 3.